The van der Waals surface area contributed by atoms with Crippen LogP contribution in [-0.2, 0) is 0 Å². The molecule has 0 saturated heterocycles. The van der Waals surface area contributed by atoms with Gasteiger partial charge in [-0.2, -0.15) is 0 Å². The Morgan fingerprint density at radius 3 is 1.57 bits per heavy atom. The molecule has 0 aliphatic rings. The number of phenolic OH excluding ortho intramolecular Hbond substituents is 1. The van der Waals surface area contributed by atoms with Crippen LogP contribution >= 0.6 is 0 Å². The number of phenols is 1. The van der Waals surface area contributed by atoms with E-state index in [2.05, 4.69) is 39.8 Å². The van der Waals surface area contributed by atoms with Crippen LogP contribution in [0, 0.1) is 11.8 Å². The van der Waals surface area contributed by atoms with E-state index in [1.54, 1.807) is 24.3 Å². The Morgan fingerprint density at radius 1 is 0.783 bits per heavy atom. The fourth-order valence-corrected chi connectivity index (χ4v) is 5.39. The maximum atomic E-state index is 8.63. The average Bonchev–Trinajstić information content (AvgIpc) is 2.48. The van der Waals surface area contributed by atoms with Crippen LogP contribution < -0.4 is 3.79 Å². The molecule has 0 unspecified atom stereocenters. The second-order valence-corrected chi connectivity index (χ2v) is 9.07. The zero-order valence-electron chi connectivity index (χ0n) is 14.8. The van der Waals surface area contributed by atoms with Gasteiger partial charge in [0.25, 0.3) is 0 Å². The molecule has 0 fully saturated rings. The van der Waals surface area contributed by atoms with E-state index >= 15 is 0 Å². The molecule has 0 aliphatic heterocycles. The van der Waals surface area contributed by atoms with Crippen LogP contribution in [0.15, 0.2) is 60.7 Å². The summed E-state index contributed by atoms with van der Waals surface area (Å²) in [5.41, 5.74) is 0. The standard InChI is InChI=1S/2C6H6O.2C4H9.Al/c2*7-6-4-2-1-3-5-6;2*1-4(2)3;/h2*1-5,7H;2*4H,1H2,2-3H3;/q;;;;+1/p-1. The largest absolute Gasteiger partial charge is 0.643 e. The molecule has 0 radical (unpaired) electrons. The van der Waals surface area contributed by atoms with E-state index in [1.165, 1.54) is 10.6 Å². The fourth-order valence-electron chi connectivity index (χ4n) is 2.36. The summed E-state index contributed by atoms with van der Waals surface area (Å²) in [6.45, 7) is 9.15. The van der Waals surface area contributed by atoms with Crippen molar-refractivity contribution in [2.45, 2.75) is 38.3 Å². The van der Waals surface area contributed by atoms with Crippen LogP contribution in [-0.4, -0.2) is 19.6 Å². The van der Waals surface area contributed by atoms with E-state index in [1.807, 2.05) is 24.3 Å². The first kappa shape index (κ1) is 19.6. The summed E-state index contributed by atoms with van der Waals surface area (Å²) in [4.78, 5) is 0. The third-order valence-electron chi connectivity index (χ3n) is 3.27. The van der Waals surface area contributed by atoms with Gasteiger partial charge in [-0.3, -0.25) is 0 Å². The second-order valence-electron chi connectivity index (χ2n) is 6.65. The third-order valence-corrected chi connectivity index (χ3v) is 6.81. The summed E-state index contributed by atoms with van der Waals surface area (Å²) in [6, 6.07) is 19.0. The van der Waals surface area contributed by atoms with E-state index < -0.39 is 14.5 Å². The Balaban J connectivity index is 0.000000313. The molecule has 0 bridgehead atoms. The molecule has 1 N–H and O–H groups in total. The highest BCUT2D eigenvalue weighted by Gasteiger charge is 2.25. The summed E-state index contributed by atoms with van der Waals surface area (Å²) in [7, 11) is 0. The molecule has 0 heterocycles. The molecule has 0 aromatic heterocycles. The van der Waals surface area contributed by atoms with E-state index in [9.17, 15) is 0 Å². The highest BCUT2D eigenvalue weighted by molar-refractivity contribution is 6.52. The molecular weight excluding hydrogens is 299 g/mol. The maximum absolute atomic E-state index is 8.63. The SMILES string of the molecule is CC(C)[CH2][Al]([CH2]C(C)C)[O]c1ccccc1.Oc1ccccc1. The lowest BCUT2D eigenvalue weighted by molar-refractivity contribution is 0.475. The lowest BCUT2D eigenvalue weighted by Gasteiger charge is -2.18. The summed E-state index contributed by atoms with van der Waals surface area (Å²) < 4.78 is 6.18. The van der Waals surface area contributed by atoms with Gasteiger partial charge in [0.15, 0.2) is 0 Å². The predicted octanol–water partition coefficient (Wildman–Crippen LogP) is 5.76. The van der Waals surface area contributed by atoms with Crippen molar-refractivity contribution >= 4 is 14.5 Å². The van der Waals surface area contributed by atoms with Gasteiger partial charge in [0.1, 0.15) is 5.75 Å². The monoisotopic (exact) mass is 328 g/mol. The summed E-state index contributed by atoms with van der Waals surface area (Å²) in [5.74, 6) is 2.88. The van der Waals surface area contributed by atoms with E-state index in [0.29, 0.717) is 5.75 Å². The van der Waals surface area contributed by atoms with Crippen molar-refractivity contribution in [3.8, 4) is 11.5 Å². The quantitative estimate of drug-likeness (QED) is 0.683. The van der Waals surface area contributed by atoms with Gasteiger partial charge in [0, 0.05) is 0 Å². The zero-order valence-corrected chi connectivity index (χ0v) is 15.9. The normalized spacial score (nSPS) is 10.2. The minimum Gasteiger partial charge on any atom is -0.643 e. The summed E-state index contributed by atoms with van der Waals surface area (Å²) >= 11 is -1.08. The van der Waals surface area contributed by atoms with Gasteiger partial charge in [0.05, 0.1) is 5.75 Å². The minimum absolute atomic E-state index is 0.322. The number of aromatic hydroxyl groups is 1. The van der Waals surface area contributed by atoms with Gasteiger partial charge >= 0.3 is 14.5 Å². The first-order chi connectivity index (χ1) is 11.0. The molecule has 23 heavy (non-hydrogen) atoms. The lowest BCUT2D eigenvalue weighted by atomic mass is 10.3. The molecule has 2 rings (SSSR count). The van der Waals surface area contributed by atoms with E-state index in [0.717, 1.165) is 17.6 Å². The smallest absolute Gasteiger partial charge is 0.547 e. The van der Waals surface area contributed by atoms with Crippen LogP contribution in [0.1, 0.15) is 27.7 Å². The number of para-hydroxylation sites is 2. The molecule has 124 valence electrons. The predicted molar refractivity (Wildman–Crippen MR) is 100 cm³/mol. The topological polar surface area (TPSA) is 29.5 Å². The molecule has 0 amide bonds. The summed E-state index contributed by atoms with van der Waals surface area (Å²) in [5, 5.41) is 11.2. The van der Waals surface area contributed by atoms with Crippen LogP contribution in [0.25, 0.3) is 0 Å². The second kappa shape index (κ2) is 11.2. The van der Waals surface area contributed by atoms with Crippen molar-refractivity contribution in [2.75, 3.05) is 0 Å². The van der Waals surface area contributed by atoms with Crippen molar-refractivity contribution in [1.29, 1.82) is 0 Å². The highest BCUT2D eigenvalue weighted by Crippen LogP contribution is 2.19. The maximum Gasteiger partial charge on any atom is 0.547 e. The van der Waals surface area contributed by atoms with Gasteiger partial charge < -0.3 is 8.90 Å². The molecule has 0 saturated carbocycles. The number of rotatable bonds is 6. The van der Waals surface area contributed by atoms with Crippen LogP contribution in [0.4, 0.5) is 0 Å². The first-order valence-electron chi connectivity index (χ1n) is 8.43. The molecule has 0 spiro atoms. The van der Waals surface area contributed by atoms with Gasteiger partial charge in [-0.05, 0) is 24.3 Å². The van der Waals surface area contributed by atoms with Crippen molar-refractivity contribution < 1.29 is 8.90 Å². The third kappa shape index (κ3) is 10.0. The number of hydrogen-bond acceptors (Lipinski definition) is 2. The van der Waals surface area contributed by atoms with Crippen molar-refractivity contribution in [3.63, 3.8) is 0 Å². The van der Waals surface area contributed by atoms with Gasteiger partial charge in [-0.15, -0.1) is 0 Å². The molecule has 0 aliphatic carbocycles. The first-order valence-corrected chi connectivity index (χ1v) is 10.5. The molecule has 2 aromatic rings. The van der Waals surface area contributed by atoms with E-state index in [4.69, 9.17) is 8.90 Å². The van der Waals surface area contributed by atoms with Crippen LogP contribution in [0.3, 0.4) is 0 Å². The Morgan fingerprint density at radius 2 is 1.22 bits per heavy atom. The Kier molecular flexibility index (Phi) is 9.52. The zero-order chi connectivity index (χ0) is 17.1. The van der Waals surface area contributed by atoms with Crippen LogP contribution in [0.5, 0.6) is 11.5 Å². The highest BCUT2D eigenvalue weighted by atomic mass is 27.2. The molecule has 3 heteroatoms. The molecular formula is C20H29AlO2. The van der Waals surface area contributed by atoms with Crippen molar-refractivity contribution in [3.05, 3.63) is 60.7 Å². The lowest BCUT2D eigenvalue weighted by Crippen LogP contribution is -2.25. The molecule has 0 atom stereocenters. The Hall–Kier alpha value is -1.43. The minimum atomic E-state index is -1.08. The fraction of sp³-hybridized carbons (Fsp3) is 0.400. The van der Waals surface area contributed by atoms with Gasteiger partial charge in [-0.1, -0.05) is 86.5 Å². The number of benzene rings is 2. The molecule has 2 aromatic carbocycles. The summed E-state index contributed by atoms with van der Waals surface area (Å²) in [6.07, 6.45) is 0. The van der Waals surface area contributed by atoms with E-state index in [-0.39, 0.29) is 0 Å². The van der Waals surface area contributed by atoms with Gasteiger partial charge in [0.2, 0.25) is 0 Å². The van der Waals surface area contributed by atoms with Crippen LogP contribution in [0.2, 0.25) is 10.6 Å². The molecule has 2 nitrogen and oxygen atoms in total. The van der Waals surface area contributed by atoms with Crippen molar-refractivity contribution in [1.82, 2.24) is 0 Å². The van der Waals surface area contributed by atoms with Gasteiger partial charge in [-0.25, -0.2) is 0 Å². The Labute approximate surface area is 145 Å². The van der Waals surface area contributed by atoms with Crippen molar-refractivity contribution in [2.24, 2.45) is 11.8 Å². The number of hydrogen-bond donors (Lipinski definition) is 1. The Bertz CT molecular complexity index is 502. The average molecular weight is 328 g/mol.